The number of phenols is 1. The molecule has 1 saturated heterocycles. The van der Waals surface area contributed by atoms with Crippen molar-refractivity contribution < 1.29 is 9.90 Å². The molecule has 4 rings (SSSR count). The minimum absolute atomic E-state index is 0.0450. The van der Waals surface area contributed by atoms with Gasteiger partial charge in [-0.25, -0.2) is 4.79 Å². The van der Waals surface area contributed by atoms with E-state index in [1.54, 1.807) is 6.07 Å². The molecule has 148 valence electrons. The van der Waals surface area contributed by atoms with Crippen LogP contribution in [0.4, 0.5) is 16.2 Å². The van der Waals surface area contributed by atoms with Gasteiger partial charge in [-0.15, -0.1) is 11.8 Å². The maximum atomic E-state index is 12.8. The van der Waals surface area contributed by atoms with Crippen LogP contribution in [0, 0.1) is 0 Å². The first kappa shape index (κ1) is 19.0. The van der Waals surface area contributed by atoms with E-state index in [2.05, 4.69) is 16.3 Å². The van der Waals surface area contributed by atoms with Gasteiger partial charge in [-0.3, -0.25) is 0 Å². The summed E-state index contributed by atoms with van der Waals surface area (Å²) in [4.78, 5) is 17.9. The second-order valence-corrected chi connectivity index (χ2v) is 8.76. The van der Waals surface area contributed by atoms with Gasteiger partial charge < -0.3 is 20.2 Å². The lowest BCUT2D eigenvalue weighted by atomic mass is 10.2. The molecule has 28 heavy (non-hydrogen) atoms. The first-order chi connectivity index (χ1) is 13.7. The molecule has 1 heterocycles. The van der Waals surface area contributed by atoms with E-state index in [4.69, 9.17) is 0 Å². The topological polar surface area (TPSA) is 55.8 Å². The van der Waals surface area contributed by atoms with Crippen LogP contribution in [0.5, 0.6) is 5.75 Å². The van der Waals surface area contributed by atoms with Crippen LogP contribution < -0.4 is 10.2 Å². The average Bonchev–Trinajstić information content (AvgIpc) is 3.23. The van der Waals surface area contributed by atoms with E-state index < -0.39 is 0 Å². The second-order valence-electron chi connectivity index (χ2n) is 7.41. The van der Waals surface area contributed by atoms with Crippen molar-refractivity contribution in [3.05, 3.63) is 48.5 Å². The standard InChI is InChI=1S/C22H27N3O2S/c26-20-11-5-4-10-19(20)24-13-15-25(16-14-24)22(27)23-18-9-3-6-12-21(18)28-17-7-1-2-8-17/h3-6,9-12,17,26H,1-2,7-8,13-16H2,(H,23,27). The van der Waals surface area contributed by atoms with Gasteiger partial charge in [0.1, 0.15) is 5.75 Å². The number of aromatic hydroxyl groups is 1. The molecular weight excluding hydrogens is 370 g/mol. The molecule has 0 spiro atoms. The number of nitrogens with zero attached hydrogens (tertiary/aromatic N) is 2. The van der Waals surface area contributed by atoms with E-state index in [-0.39, 0.29) is 6.03 Å². The SMILES string of the molecule is O=C(Nc1ccccc1SC1CCCC1)N1CCN(c2ccccc2O)CC1. The van der Waals surface area contributed by atoms with Gasteiger partial charge in [0.15, 0.2) is 0 Å². The van der Waals surface area contributed by atoms with E-state index in [1.807, 2.05) is 53.1 Å². The number of piperazine rings is 1. The van der Waals surface area contributed by atoms with E-state index in [0.717, 1.165) is 16.3 Å². The summed E-state index contributed by atoms with van der Waals surface area (Å²) in [7, 11) is 0. The van der Waals surface area contributed by atoms with Crippen molar-refractivity contribution >= 4 is 29.2 Å². The quantitative estimate of drug-likeness (QED) is 0.779. The van der Waals surface area contributed by atoms with Crippen LogP contribution in [0.3, 0.4) is 0 Å². The van der Waals surface area contributed by atoms with Crippen molar-refractivity contribution in [1.29, 1.82) is 0 Å². The second kappa shape index (κ2) is 8.78. The third kappa shape index (κ3) is 4.38. The molecular formula is C22H27N3O2S. The molecule has 2 aromatic carbocycles. The summed E-state index contributed by atoms with van der Waals surface area (Å²) in [5.74, 6) is 0.290. The first-order valence-corrected chi connectivity index (χ1v) is 10.9. The lowest BCUT2D eigenvalue weighted by molar-refractivity contribution is 0.208. The van der Waals surface area contributed by atoms with Crippen LogP contribution in [0.15, 0.2) is 53.4 Å². The molecule has 2 fully saturated rings. The van der Waals surface area contributed by atoms with Gasteiger partial charge >= 0.3 is 6.03 Å². The van der Waals surface area contributed by atoms with Crippen LogP contribution in [0.1, 0.15) is 25.7 Å². The summed E-state index contributed by atoms with van der Waals surface area (Å²) in [6, 6.07) is 15.4. The number of carbonyl (C=O) groups is 1. The molecule has 2 N–H and O–H groups in total. The van der Waals surface area contributed by atoms with Crippen LogP contribution in [0.2, 0.25) is 0 Å². The summed E-state index contributed by atoms with van der Waals surface area (Å²) in [5.41, 5.74) is 1.74. The van der Waals surface area contributed by atoms with Crippen LogP contribution in [0.25, 0.3) is 0 Å². The number of hydrogen-bond acceptors (Lipinski definition) is 4. The Bertz CT molecular complexity index is 815. The molecule has 5 nitrogen and oxygen atoms in total. The fourth-order valence-corrected chi connectivity index (χ4v) is 5.27. The highest BCUT2D eigenvalue weighted by Gasteiger charge is 2.24. The molecule has 0 unspecified atom stereocenters. The minimum atomic E-state index is -0.0450. The number of nitrogens with one attached hydrogen (secondary N) is 1. The lowest BCUT2D eigenvalue weighted by Gasteiger charge is -2.36. The third-order valence-electron chi connectivity index (χ3n) is 5.51. The zero-order valence-corrected chi connectivity index (χ0v) is 16.8. The van der Waals surface area contributed by atoms with Crippen molar-refractivity contribution in [1.82, 2.24) is 4.90 Å². The zero-order chi connectivity index (χ0) is 19.3. The third-order valence-corrected chi connectivity index (χ3v) is 6.93. The molecule has 2 aromatic rings. The smallest absolute Gasteiger partial charge is 0.321 e. The number of hydrogen-bond donors (Lipinski definition) is 2. The number of benzene rings is 2. The largest absolute Gasteiger partial charge is 0.506 e. The Labute approximate surface area is 170 Å². The van der Waals surface area contributed by atoms with Crippen molar-refractivity contribution in [2.45, 2.75) is 35.8 Å². The molecule has 1 saturated carbocycles. The van der Waals surface area contributed by atoms with Gasteiger partial charge in [-0.05, 0) is 37.1 Å². The molecule has 0 atom stereocenters. The van der Waals surface area contributed by atoms with E-state index in [1.165, 1.54) is 25.7 Å². The van der Waals surface area contributed by atoms with Gasteiger partial charge in [0.2, 0.25) is 0 Å². The van der Waals surface area contributed by atoms with Gasteiger partial charge in [0.05, 0.1) is 11.4 Å². The van der Waals surface area contributed by atoms with Gasteiger partial charge in [0, 0.05) is 36.3 Å². The predicted octanol–water partition coefficient (Wildman–Crippen LogP) is 4.78. The fraction of sp³-hybridized carbons (Fsp3) is 0.409. The molecule has 2 aliphatic rings. The zero-order valence-electron chi connectivity index (χ0n) is 16.0. The van der Waals surface area contributed by atoms with Crippen LogP contribution in [-0.4, -0.2) is 47.5 Å². The van der Waals surface area contributed by atoms with E-state index in [9.17, 15) is 9.90 Å². The van der Waals surface area contributed by atoms with Crippen molar-refractivity contribution in [2.75, 3.05) is 36.4 Å². The number of phenolic OH excluding ortho intramolecular Hbond substituents is 1. The summed E-state index contributed by atoms with van der Waals surface area (Å²) in [6.45, 7) is 2.70. The predicted molar refractivity (Wildman–Crippen MR) is 115 cm³/mol. The monoisotopic (exact) mass is 397 g/mol. The highest BCUT2D eigenvalue weighted by Crippen LogP contribution is 2.38. The lowest BCUT2D eigenvalue weighted by Crippen LogP contribution is -2.50. The maximum Gasteiger partial charge on any atom is 0.321 e. The Morgan fingerprint density at radius 3 is 2.39 bits per heavy atom. The van der Waals surface area contributed by atoms with E-state index in [0.29, 0.717) is 37.2 Å². The highest BCUT2D eigenvalue weighted by atomic mass is 32.2. The van der Waals surface area contributed by atoms with Crippen molar-refractivity contribution in [3.8, 4) is 5.75 Å². The number of carbonyl (C=O) groups excluding carboxylic acids is 1. The molecule has 2 amide bonds. The van der Waals surface area contributed by atoms with Crippen LogP contribution in [-0.2, 0) is 0 Å². The van der Waals surface area contributed by atoms with Crippen molar-refractivity contribution in [3.63, 3.8) is 0 Å². The molecule has 6 heteroatoms. The first-order valence-electron chi connectivity index (χ1n) is 10.1. The Morgan fingerprint density at radius 2 is 1.64 bits per heavy atom. The molecule has 0 radical (unpaired) electrons. The fourth-order valence-electron chi connectivity index (χ4n) is 3.93. The van der Waals surface area contributed by atoms with Gasteiger partial charge in [0.25, 0.3) is 0 Å². The minimum Gasteiger partial charge on any atom is -0.506 e. The normalized spacial score (nSPS) is 17.7. The number of urea groups is 1. The number of thioether (sulfide) groups is 1. The Hall–Kier alpha value is -2.34. The number of amides is 2. The maximum absolute atomic E-state index is 12.8. The van der Waals surface area contributed by atoms with Gasteiger partial charge in [-0.2, -0.15) is 0 Å². The number of para-hydroxylation sites is 3. The Morgan fingerprint density at radius 1 is 0.964 bits per heavy atom. The highest BCUT2D eigenvalue weighted by molar-refractivity contribution is 8.00. The summed E-state index contributed by atoms with van der Waals surface area (Å²) >= 11 is 1.90. The number of anilines is 2. The molecule has 0 aromatic heterocycles. The summed E-state index contributed by atoms with van der Waals surface area (Å²) in [6.07, 6.45) is 5.16. The van der Waals surface area contributed by atoms with Gasteiger partial charge in [-0.1, -0.05) is 37.1 Å². The Kier molecular flexibility index (Phi) is 5.95. The summed E-state index contributed by atoms with van der Waals surface area (Å²) in [5, 5.41) is 13.8. The molecule has 1 aliphatic heterocycles. The molecule has 1 aliphatic carbocycles. The van der Waals surface area contributed by atoms with Crippen LogP contribution >= 0.6 is 11.8 Å². The van der Waals surface area contributed by atoms with Crippen molar-refractivity contribution in [2.24, 2.45) is 0 Å². The summed E-state index contributed by atoms with van der Waals surface area (Å²) < 4.78 is 0. The number of rotatable bonds is 4. The average molecular weight is 398 g/mol. The molecule has 0 bridgehead atoms. The Balaban J connectivity index is 1.35. The van der Waals surface area contributed by atoms with E-state index >= 15 is 0 Å².